The lowest BCUT2D eigenvalue weighted by Gasteiger charge is -2.05. The van der Waals surface area contributed by atoms with E-state index in [1.54, 1.807) is 43.6 Å². The fourth-order valence-electron chi connectivity index (χ4n) is 1.90. The maximum Gasteiger partial charge on any atom is 0.338 e. The van der Waals surface area contributed by atoms with Crippen LogP contribution >= 0.6 is 11.3 Å². The number of carbonyl (C=O) groups excluding carboxylic acids is 2. The molecule has 0 aliphatic heterocycles. The lowest BCUT2D eigenvalue weighted by Crippen LogP contribution is -2.20. The zero-order chi connectivity index (χ0) is 16.9. The molecule has 2 heterocycles. The Morgan fingerprint density at radius 3 is 2.67 bits per heavy atom. The Balaban J connectivity index is 1.54. The van der Waals surface area contributed by atoms with Gasteiger partial charge in [-0.15, -0.1) is 10.2 Å². The molecule has 0 fully saturated rings. The van der Waals surface area contributed by atoms with Gasteiger partial charge in [-0.1, -0.05) is 23.5 Å². The number of aromatic amines is 1. The maximum absolute atomic E-state index is 12.0. The molecule has 0 radical (unpaired) electrons. The molecule has 1 aromatic carbocycles. The zero-order valence-corrected chi connectivity index (χ0v) is 13.5. The van der Waals surface area contributed by atoms with E-state index < -0.39 is 18.5 Å². The number of aromatic nitrogens is 4. The normalized spacial score (nSPS) is 10.4. The van der Waals surface area contributed by atoms with Crippen LogP contribution in [0.4, 0.5) is 5.13 Å². The highest BCUT2D eigenvalue weighted by Gasteiger charge is 2.12. The number of carbonyl (C=O) groups is 2. The van der Waals surface area contributed by atoms with Gasteiger partial charge in [-0.05, 0) is 19.1 Å². The van der Waals surface area contributed by atoms with E-state index in [0.717, 1.165) is 10.6 Å². The molecule has 122 valence electrons. The molecule has 0 bridgehead atoms. The number of aryl methyl sites for hydroxylation is 1. The third-order valence-electron chi connectivity index (χ3n) is 3.00. The van der Waals surface area contributed by atoms with Crippen molar-refractivity contribution in [3.05, 3.63) is 47.2 Å². The van der Waals surface area contributed by atoms with Crippen LogP contribution in [0.3, 0.4) is 0 Å². The molecule has 1 amide bonds. The average molecular weight is 343 g/mol. The van der Waals surface area contributed by atoms with Gasteiger partial charge in [-0.3, -0.25) is 10.1 Å². The molecule has 2 aromatic heterocycles. The number of H-pyrrole nitrogens is 1. The molecular weight excluding hydrogens is 330 g/mol. The van der Waals surface area contributed by atoms with E-state index in [1.165, 1.54) is 11.3 Å². The first kappa shape index (κ1) is 15.8. The van der Waals surface area contributed by atoms with Gasteiger partial charge < -0.3 is 9.72 Å². The highest BCUT2D eigenvalue weighted by molar-refractivity contribution is 7.15. The summed E-state index contributed by atoms with van der Waals surface area (Å²) < 4.78 is 4.98. The lowest BCUT2D eigenvalue weighted by atomic mass is 10.1. The molecule has 0 saturated heterocycles. The smallest absolute Gasteiger partial charge is 0.338 e. The number of anilines is 1. The number of esters is 1. The van der Waals surface area contributed by atoms with Crippen LogP contribution < -0.4 is 5.32 Å². The lowest BCUT2D eigenvalue weighted by molar-refractivity contribution is -0.119. The molecule has 2 N–H and O–H groups in total. The summed E-state index contributed by atoms with van der Waals surface area (Å²) in [7, 11) is 0. The van der Waals surface area contributed by atoms with E-state index in [1.807, 2.05) is 0 Å². The van der Waals surface area contributed by atoms with Crippen LogP contribution in [0.1, 0.15) is 15.4 Å². The largest absolute Gasteiger partial charge is 0.452 e. The second kappa shape index (κ2) is 7.01. The van der Waals surface area contributed by atoms with Gasteiger partial charge in [0.1, 0.15) is 10.8 Å². The van der Waals surface area contributed by atoms with Gasteiger partial charge in [0.15, 0.2) is 6.61 Å². The van der Waals surface area contributed by atoms with Crippen molar-refractivity contribution in [2.75, 3.05) is 11.9 Å². The van der Waals surface area contributed by atoms with Crippen molar-refractivity contribution in [1.29, 1.82) is 0 Å². The van der Waals surface area contributed by atoms with Gasteiger partial charge in [-0.25, -0.2) is 9.78 Å². The molecule has 0 spiro atoms. The minimum atomic E-state index is -0.579. The van der Waals surface area contributed by atoms with Gasteiger partial charge in [-0.2, -0.15) is 0 Å². The van der Waals surface area contributed by atoms with Crippen LogP contribution in [-0.2, 0) is 9.53 Å². The molecule has 8 nitrogen and oxygen atoms in total. The van der Waals surface area contributed by atoms with E-state index in [2.05, 4.69) is 25.5 Å². The monoisotopic (exact) mass is 343 g/mol. The van der Waals surface area contributed by atoms with Crippen molar-refractivity contribution < 1.29 is 14.3 Å². The molecule has 0 aliphatic carbocycles. The van der Waals surface area contributed by atoms with E-state index in [0.29, 0.717) is 16.5 Å². The van der Waals surface area contributed by atoms with E-state index in [9.17, 15) is 9.59 Å². The minimum Gasteiger partial charge on any atom is -0.452 e. The van der Waals surface area contributed by atoms with Crippen LogP contribution in [-0.4, -0.2) is 38.6 Å². The second-order valence-corrected chi connectivity index (χ2v) is 5.95. The van der Waals surface area contributed by atoms with Gasteiger partial charge in [0.05, 0.1) is 5.56 Å². The van der Waals surface area contributed by atoms with Crippen LogP contribution in [0.25, 0.3) is 11.4 Å². The Hall–Kier alpha value is -3.07. The van der Waals surface area contributed by atoms with Crippen molar-refractivity contribution in [2.24, 2.45) is 0 Å². The average Bonchev–Trinajstić information content (AvgIpc) is 3.25. The molecular formula is C15H13N5O3S. The van der Waals surface area contributed by atoms with E-state index in [4.69, 9.17) is 4.74 Å². The first-order valence-corrected chi connectivity index (χ1v) is 7.80. The van der Waals surface area contributed by atoms with Gasteiger partial charge in [0.25, 0.3) is 5.91 Å². The van der Waals surface area contributed by atoms with Crippen LogP contribution in [0, 0.1) is 6.92 Å². The van der Waals surface area contributed by atoms with E-state index >= 15 is 0 Å². The Labute approximate surface area is 140 Å². The number of rotatable bonds is 5. The Morgan fingerprint density at radius 1 is 1.25 bits per heavy atom. The number of imidazole rings is 1. The summed E-state index contributed by atoms with van der Waals surface area (Å²) in [6.45, 7) is 1.39. The van der Waals surface area contributed by atoms with Gasteiger partial charge in [0.2, 0.25) is 5.13 Å². The zero-order valence-electron chi connectivity index (χ0n) is 12.6. The van der Waals surface area contributed by atoms with Crippen molar-refractivity contribution in [1.82, 2.24) is 20.2 Å². The third kappa shape index (κ3) is 3.82. The highest BCUT2D eigenvalue weighted by atomic mass is 32.1. The van der Waals surface area contributed by atoms with Crippen molar-refractivity contribution >= 4 is 28.3 Å². The number of benzene rings is 1. The number of hydrogen-bond acceptors (Lipinski definition) is 7. The summed E-state index contributed by atoms with van der Waals surface area (Å²) >= 11 is 1.24. The summed E-state index contributed by atoms with van der Waals surface area (Å²) in [6.07, 6.45) is 3.37. The predicted molar refractivity (Wildman–Crippen MR) is 87.6 cm³/mol. The quantitative estimate of drug-likeness (QED) is 0.686. The molecule has 9 heteroatoms. The third-order valence-corrected chi connectivity index (χ3v) is 3.75. The molecule has 3 aromatic rings. The summed E-state index contributed by atoms with van der Waals surface area (Å²) in [4.78, 5) is 30.8. The predicted octanol–water partition coefficient (Wildman–Crippen LogP) is 2.03. The number of nitrogens with zero attached hydrogens (tertiary/aromatic N) is 3. The SMILES string of the molecule is Cc1nnc(NC(=O)COC(=O)c2ccc(-c3ncc[nH]3)cc2)s1. The number of nitrogens with one attached hydrogen (secondary N) is 2. The summed E-state index contributed by atoms with van der Waals surface area (Å²) in [6, 6.07) is 6.73. The number of amides is 1. The number of hydrogen-bond donors (Lipinski definition) is 2. The maximum atomic E-state index is 12.0. The topological polar surface area (TPSA) is 110 Å². The summed E-state index contributed by atoms with van der Waals surface area (Å²) in [5.41, 5.74) is 1.20. The summed E-state index contributed by atoms with van der Waals surface area (Å²) in [5, 5.41) is 11.2. The minimum absolute atomic E-state index is 0.352. The van der Waals surface area contributed by atoms with Gasteiger partial charge in [0, 0.05) is 18.0 Å². The van der Waals surface area contributed by atoms with Crippen LogP contribution in [0.5, 0.6) is 0 Å². The first-order valence-electron chi connectivity index (χ1n) is 6.99. The highest BCUT2D eigenvalue weighted by Crippen LogP contribution is 2.16. The van der Waals surface area contributed by atoms with Crippen molar-refractivity contribution in [3.8, 4) is 11.4 Å². The van der Waals surface area contributed by atoms with Crippen molar-refractivity contribution in [3.63, 3.8) is 0 Å². The van der Waals surface area contributed by atoms with Gasteiger partial charge >= 0.3 is 5.97 Å². The Bertz CT molecular complexity index is 842. The fraction of sp³-hybridized carbons (Fsp3) is 0.133. The molecule has 0 aliphatic rings. The molecule has 24 heavy (non-hydrogen) atoms. The van der Waals surface area contributed by atoms with Crippen molar-refractivity contribution in [2.45, 2.75) is 6.92 Å². The molecule has 3 rings (SSSR count). The fourth-order valence-corrected chi connectivity index (χ4v) is 2.51. The number of ether oxygens (including phenoxy) is 1. The molecule has 0 unspecified atom stereocenters. The molecule has 0 atom stereocenters. The summed E-state index contributed by atoms with van der Waals surface area (Å²) in [5.74, 6) is -0.335. The molecule has 0 saturated carbocycles. The van der Waals surface area contributed by atoms with E-state index in [-0.39, 0.29) is 0 Å². The Kier molecular flexibility index (Phi) is 4.62. The Morgan fingerprint density at radius 2 is 2.04 bits per heavy atom. The van der Waals surface area contributed by atoms with Crippen LogP contribution in [0.2, 0.25) is 0 Å². The standard InChI is InChI=1S/C15H13N5O3S/c1-9-19-20-15(24-9)18-12(21)8-23-14(22)11-4-2-10(3-5-11)13-16-6-7-17-13/h2-7H,8H2,1H3,(H,16,17)(H,18,20,21). The first-order chi connectivity index (χ1) is 11.6. The second-order valence-electron chi connectivity index (χ2n) is 4.77. The van der Waals surface area contributed by atoms with Crippen LogP contribution in [0.15, 0.2) is 36.7 Å².